The maximum atomic E-state index is 12.0. The van der Waals surface area contributed by atoms with Gasteiger partial charge in [0.15, 0.2) is 0 Å². The molecule has 0 saturated carbocycles. The molecule has 0 aliphatic heterocycles. The lowest BCUT2D eigenvalue weighted by Crippen LogP contribution is -2.17. The Morgan fingerprint density at radius 1 is 1.13 bits per heavy atom. The molecule has 1 atom stereocenters. The van der Waals surface area contributed by atoms with Crippen LogP contribution in [0.15, 0.2) is 54.7 Å². The Morgan fingerprint density at radius 2 is 1.94 bits per heavy atom. The number of fused-ring (bicyclic) bond motifs is 1. The summed E-state index contributed by atoms with van der Waals surface area (Å²) in [6.07, 6.45) is 3.27. The zero-order valence-corrected chi connectivity index (χ0v) is 17.0. The van der Waals surface area contributed by atoms with Crippen LogP contribution < -0.4 is 21.7 Å². The number of aromatic nitrogens is 1. The second-order valence-corrected chi connectivity index (χ2v) is 7.45. The highest BCUT2D eigenvalue weighted by Gasteiger charge is 2.23. The quantitative estimate of drug-likeness (QED) is 0.307. The number of hydrogen-bond donors (Lipinski definition) is 5. The molecular weight excluding hydrogens is 394 g/mol. The molecule has 1 heterocycles. The average molecular weight is 417 g/mol. The number of aryl methyl sites for hydroxylation is 1. The van der Waals surface area contributed by atoms with Gasteiger partial charge in [0.05, 0.1) is 23.0 Å². The molecule has 1 aliphatic carbocycles. The van der Waals surface area contributed by atoms with Gasteiger partial charge in [-0.25, -0.2) is 4.98 Å². The van der Waals surface area contributed by atoms with Crippen molar-refractivity contribution in [2.75, 3.05) is 16.0 Å². The predicted octanol–water partition coefficient (Wildman–Crippen LogP) is 3.69. The van der Waals surface area contributed by atoms with Gasteiger partial charge in [-0.2, -0.15) is 0 Å². The van der Waals surface area contributed by atoms with Crippen LogP contribution in [0.3, 0.4) is 0 Å². The number of phenols is 1. The molecule has 1 unspecified atom stereocenters. The summed E-state index contributed by atoms with van der Waals surface area (Å²) in [5, 5.41) is 19.3. The minimum atomic E-state index is -0.580. The van der Waals surface area contributed by atoms with Gasteiger partial charge in [0.1, 0.15) is 11.6 Å². The van der Waals surface area contributed by atoms with E-state index in [1.54, 1.807) is 18.2 Å². The van der Waals surface area contributed by atoms with Gasteiger partial charge in [-0.3, -0.25) is 9.59 Å². The summed E-state index contributed by atoms with van der Waals surface area (Å²) >= 11 is 0. The van der Waals surface area contributed by atoms with Crippen LogP contribution in [0.5, 0.6) is 5.75 Å². The fourth-order valence-corrected chi connectivity index (χ4v) is 3.79. The first kappa shape index (κ1) is 20.2. The van der Waals surface area contributed by atoms with Crippen LogP contribution in [-0.2, 0) is 11.2 Å². The van der Waals surface area contributed by atoms with Crippen LogP contribution in [0.4, 0.5) is 22.9 Å². The zero-order chi connectivity index (χ0) is 22.0. The average Bonchev–Trinajstić information content (AvgIpc) is 3.13. The first-order valence-corrected chi connectivity index (χ1v) is 9.92. The smallest absolute Gasteiger partial charge is 0.252 e. The lowest BCUT2D eigenvalue weighted by Gasteiger charge is -2.19. The second-order valence-electron chi connectivity index (χ2n) is 7.45. The molecule has 158 valence electrons. The van der Waals surface area contributed by atoms with E-state index < -0.39 is 5.91 Å². The van der Waals surface area contributed by atoms with E-state index >= 15 is 0 Å². The number of primary amides is 1. The summed E-state index contributed by atoms with van der Waals surface area (Å²) in [7, 11) is 0. The molecule has 1 aromatic heterocycles. The number of phenolic OH excluding ortho intramolecular Hbond substituents is 1. The monoisotopic (exact) mass is 417 g/mol. The standard InChI is InChI=1S/C23H23N5O3/c1-13(29)26-15-7-9-21(30)20(10-15)28-22-11-19(17(12-25-22)23(24)31)27-18-8-6-14-4-2-3-5-16(14)18/h2-5,7,9-12,18,30H,6,8H2,1H3,(H2,24,31)(H,26,29)(H2,25,27,28). The lowest BCUT2D eigenvalue weighted by molar-refractivity contribution is -0.114. The van der Waals surface area contributed by atoms with Crippen molar-refractivity contribution >= 4 is 34.7 Å². The van der Waals surface area contributed by atoms with Crippen LogP contribution in [0.2, 0.25) is 0 Å². The van der Waals surface area contributed by atoms with Crippen molar-refractivity contribution in [1.82, 2.24) is 4.98 Å². The number of anilines is 4. The third-order valence-corrected chi connectivity index (χ3v) is 5.21. The number of aromatic hydroxyl groups is 1. The Bertz CT molecular complexity index is 1160. The van der Waals surface area contributed by atoms with E-state index in [2.05, 4.69) is 33.1 Å². The van der Waals surface area contributed by atoms with Gasteiger partial charge in [-0.05, 0) is 42.2 Å². The SMILES string of the molecule is CC(=O)Nc1ccc(O)c(Nc2cc(NC3CCc4ccccc43)c(C(N)=O)cn2)c1. The Morgan fingerprint density at radius 3 is 2.71 bits per heavy atom. The minimum Gasteiger partial charge on any atom is -0.506 e. The van der Waals surface area contributed by atoms with Gasteiger partial charge < -0.3 is 26.8 Å². The minimum absolute atomic E-state index is 0.00545. The van der Waals surface area contributed by atoms with Crippen LogP contribution in [0.1, 0.15) is 40.9 Å². The number of carbonyl (C=O) groups excluding carboxylic acids is 2. The molecule has 0 bridgehead atoms. The molecule has 0 fully saturated rings. The van der Waals surface area contributed by atoms with Gasteiger partial charge in [0.25, 0.3) is 5.91 Å². The first-order valence-electron chi connectivity index (χ1n) is 9.92. The summed E-state index contributed by atoms with van der Waals surface area (Å²) in [5.41, 5.74) is 9.78. The van der Waals surface area contributed by atoms with E-state index in [-0.39, 0.29) is 23.3 Å². The van der Waals surface area contributed by atoms with Crippen LogP contribution in [0, 0.1) is 0 Å². The van der Waals surface area contributed by atoms with E-state index in [0.29, 0.717) is 22.9 Å². The molecule has 3 aromatic rings. The van der Waals surface area contributed by atoms with Gasteiger partial charge in [-0.15, -0.1) is 0 Å². The van der Waals surface area contributed by atoms with E-state index in [1.807, 2.05) is 12.1 Å². The molecule has 2 aromatic carbocycles. The third-order valence-electron chi connectivity index (χ3n) is 5.21. The Labute approximate surface area is 179 Å². The maximum absolute atomic E-state index is 12.0. The number of nitrogens with two attached hydrogens (primary N) is 1. The molecular formula is C23H23N5O3. The molecule has 2 amide bonds. The van der Waals surface area contributed by atoms with E-state index in [0.717, 1.165) is 12.8 Å². The Balaban J connectivity index is 1.62. The summed E-state index contributed by atoms with van der Waals surface area (Å²) < 4.78 is 0. The highest BCUT2D eigenvalue weighted by Crippen LogP contribution is 2.36. The van der Waals surface area contributed by atoms with Crippen LogP contribution in [0.25, 0.3) is 0 Å². The van der Waals surface area contributed by atoms with E-state index in [9.17, 15) is 14.7 Å². The second kappa shape index (κ2) is 8.35. The normalized spacial score (nSPS) is 14.5. The van der Waals surface area contributed by atoms with Crippen LogP contribution in [-0.4, -0.2) is 21.9 Å². The molecule has 1 aliphatic rings. The lowest BCUT2D eigenvalue weighted by atomic mass is 10.1. The van der Waals surface area contributed by atoms with Crippen molar-refractivity contribution in [2.24, 2.45) is 5.73 Å². The zero-order valence-electron chi connectivity index (χ0n) is 17.0. The largest absolute Gasteiger partial charge is 0.506 e. The number of carbonyl (C=O) groups is 2. The predicted molar refractivity (Wildman–Crippen MR) is 120 cm³/mol. The van der Waals surface area contributed by atoms with Gasteiger partial charge in [0.2, 0.25) is 5.91 Å². The van der Waals surface area contributed by atoms with Gasteiger partial charge in [-0.1, -0.05) is 24.3 Å². The summed E-state index contributed by atoms with van der Waals surface area (Å²) in [5.74, 6) is -0.393. The molecule has 31 heavy (non-hydrogen) atoms. The molecule has 0 spiro atoms. The van der Waals surface area contributed by atoms with Crippen LogP contribution >= 0.6 is 0 Å². The number of rotatable bonds is 6. The first-order chi connectivity index (χ1) is 14.9. The third kappa shape index (κ3) is 4.42. The molecule has 0 saturated heterocycles. The summed E-state index contributed by atoms with van der Waals surface area (Å²) in [4.78, 5) is 27.5. The summed E-state index contributed by atoms with van der Waals surface area (Å²) in [6.45, 7) is 1.41. The Hall–Kier alpha value is -4.07. The number of nitrogens with one attached hydrogen (secondary N) is 3. The van der Waals surface area contributed by atoms with Crippen molar-refractivity contribution in [3.63, 3.8) is 0 Å². The van der Waals surface area contributed by atoms with Gasteiger partial charge >= 0.3 is 0 Å². The van der Waals surface area contributed by atoms with Crippen molar-refractivity contribution in [2.45, 2.75) is 25.8 Å². The topological polar surface area (TPSA) is 129 Å². The maximum Gasteiger partial charge on any atom is 0.252 e. The van der Waals surface area contributed by atoms with Crippen molar-refractivity contribution < 1.29 is 14.7 Å². The molecule has 6 N–H and O–H groups in total. The highest BCUT2D eigenvalue weighted by molar-refractivity contribution is 5.99. The summed E-state index contributed by atoms with van der Waals surface area (Å²) in [6, 6.07) is 14.6. The fourth-order valence-electron chi connectivity index (χ4n) is 3.79. The molecule has 8 nitrogen and oxygen atoms in total. The Kier molecular flexibility index (Phi) is 5.44. The number of pyridine rings is 1. The van der Waals surface area contributed by atoms with Crippen molar-refractivity contribution in [3.8, 4) is 5.75 Å². The number of amides is 2. The van der Waals surface area contributed by atoms with Crippen molar-refractivity contribution in [1.29, 1.82) is 0 Å². The fraction of sp³-hybridized carbons (Fsp3) is 0.174. The highest BCUT2D eigenvalue weighted by atomic mass is 16.3. The number of hydrogen-bond acceptors (Lipinski definition) is 6. The van der Waals surface area contributed by atoms with Gasteiger partial charge in [0, 0.05) is 24.9 Å². The van der Waals surface area contributed by atoms with E-state index in [4.69, 9.17) is 5.73 Å². The molecule has 4 rings (SSSR count). The number of benzene rings is 2. The van der Waals surface area contributed by atoms with E-state index in [1.165, 1.54) is 30.3 Å². The molecule has 8 heteroatoms. The molecule has 0 radical (unpaired) electrons. The van der Waals surface area contributed by atoms with Crippen molar-refractivity contribution in [3.05, 3.63) is 71.4 Å². The number of nitrogens with zero attached hydrogens (tertiary/aromatic N) is 1.